The lowest BCUT2D eigenvalue weighted by molar-refractivity contribution is -0.147. The molecule has 3 aliphatic heterocycles. The Morgan fingerprint density at radius 1 is 0.886 bits per heavy atom. The molecule has 3 amide bonds. The number of amides is 3. The fourth-order valence-corrected chi connectivity index (χ4v) is 8.19. The molecule has 0 N–H and O–H groups in total. The number of benzene rings is 1. The summed E-state index contributed by atoms with van der Waals surface area (Å²) in [5.41, 5.74) is 1.30. The summed E-state index contributed by atoms with van der Waals surface area (Å²) >= 11 is 6.25. The SMILES string of the molecule is CC(=O)N(C1CCC(C)(C)CC1)[C@H]1C[C@@H](C(=O)N2CCN(C)CC2)N(C(=O)[C@@H]2CN(C(C)(C)C)C[C@H]2c2ccc(Cl)cc2)C1. The summed E-state index contributed by atoms with van der Waals surface area (Å²) in [5.74, 6) is -0.144. The monoisotopic (exact) mass is 627 g/mol. The predicted octanol–water partition coefficient (Wildman–Crippen LogP) is 4.71. The first-order chi connectivity index (χ1) is 20.6. The molecule has 4 aliphatic rings. The third-order valence-corrected chi connectivity index (χ3v) is 11.3. The van der Waals surface area contributed by atoms with Crippen LogP contribution < -0.4 is 0 Å². The zero-order valence-electron chi connectivity index (χ0n) is 28.0. The number of carbonyl (C=O) groups excluding carboxylic acids is 3. The number of hydrogen-bond donors (Lipinski definition) is 0. The van der Waals surface area contributed by atoms with Gasteiger partial charge in [0.05, 0.1) is 12.0 Å². The van der Waals surface area contributed by atoms with Gasteiger partial charge in [-0.1, -0.05) is 37.6 Å². The molecule has 1 aliphatic carbocycles. The van der Waals surface area contributed by atoms with Crippen LogP contribution in [0, 0.1) is 11.3 Å². The van der Waals surface area contributed by atoms with Gasteiger partial charge in [0.1, 0.15) is 6.04 Å². The maximum Gasteiger partial charge on any atom is 0.245 e. The van der Waals surface area contributed by atoms with Gasteiger partial charge in [0.2, 0.25) is 17.7 Å². The van der Waals surface area contributed by atoms with Gasteiger partial charge in [-0.2, -0.15) is 0 Å². The Morgan fingerprint density at radius 3 is 2.07 bits per heavy atom. The normalized spacial score (nSPS) is 28.8. The van der Waals surface area contributed by atoms with Gasteiger partial charge >= 0.3 is 0 Å². The van der Waals surface area contributed by atoms with E-state index in [9.17, 15) is 14.4 Å². The number of likely N-dealkylation sites (N-methyl/N-ethyl adjacent to an activating group) is 1. The summed E-state index contributed by atoms with van der Waals surface area (Å²) in [4.78, 5) is 52.8. The molecule has 44 heavy (non-hydrogen) atoms. The maximum absolute atomic E-state index is 14.8. The van der Waals surface area contributed by atoms with E-state index in [1.165, 1.54) is 0 Å². The van der Waals surface area contributed by atoms with E-state index in [1.807, 2.05) is 34.1 Å². The van der Waals surface area contributed by atoms with Gasteiger partial charge in [0.15, 0.2) is 0 Å². The molecule has 9 heteroatoms. The van der Waals surface area contributed by atoms with Crippen LogP contribution in [0.4, 0.5) is 0 Å². The fourth-order valence-electron chi connectivity index (χ4n) is 8.07. The van der Waals surface area contributed by atoms with Crippen LogP contribution in [0.1, 0.15) is 85.1 Å². The number of hydrogen-bond acceptors (Lipinski definition) is 5. The Morgan fingerprint density at radius 2 is 1.50 bits per heavy atom. The van der Waals surface area contributed by atoms with Crippen molar-refractivity contribution in [3.8, 4) is 0 Å². The molecular formula is C35H54ClN5O3. The smallest absolute Gasteiger partial charge is 0.245 e. The van der Waals surface area contributed by atoms with Crippen molar-refractivity contribution < 1.29 is 14.4 Å². The molecule has 8 nitrogen and oxygen atoms in total. The first-order valence-electron chi connectivity index (χ1n) is 16.7. The van der Waals surface area contributed by atoms with E-state index in [1.54, 1.807) is 6.92 Å². The minimum absolute atomic E-state index is 0.00177. The minimum atomic E-state index is -0.549. The van der Waals surface area contributed by atoms with Crippen molar-refractivity contribution in [2.75, 3.05) is 52.9 Å². The standard InChI is InChI=1S/C35H54ClN5O3/c1-24(42)41(27-12-14-35(5,6)15-13-27)28-20-31(33(44)38-18-16-37(7)17-19-38)40(21-28)32(43)30-23-39(34(2,3)4)22-29(30)25-8-10-26(36)11-9-25/h8-11,27-31H,12-23H2,1-7H3/t28-,29-,30+,31-/m0/s1. The highest BCUT2D eigenvalue weighted by Crippen LogP contribution is 2.41. The van der Waals surface area contributed by atoms with Crippen LogP contribution >= 0.6 is 11.6 Å². The second-order valence-corrected chi connectivity index (χ2v) is 16.1. The molecule has 5 rings (SSSR count). The molecule has 0 unspecified atom stereocenters. The lowest BCUT2D eigenvalue weighted by atomic mass is 9.75. The third kappa shape index (κ3) is 7.13. The highest BCUT2D eigenvalue weighted by atomic mass is 35.5. The van der Waals surface area contributed by atoms with Gasteiger partial charge in [-0.05, 0) is 83.0 Å². The van der Waals surface area contributed by atoms with E-state index in [2.05, 4.69) is 56.4 Å². The summed E-state index contributed by atoms with van der Waals surface area (Å²) in [6, 6.07) is 7.34. The number of nitrogens with zero attached hydrogens (tertiary/aromatic N) is 5. The van der Waals surface area contributed by atoms with Gasteiger partial charge in [0, 0.05) is 75.3 Å². The third-order valence-electron chi connectivity index (χ3n) is 11.0. The largest absolute Gasteiger partial charge is 0.338 e. The van der Waals surface area contributed by atoms with E-state index in [0.717, 1.165) is 50.9 Å². The Kier molecular flexibility index (Phi) is 9.75. The Labute approximate surface area is 270 Å². The molecule has 0 bridgehead atoms. The highest BCUT2D eigenvalue weighted by Gasteiger charge is 2.50. The average molecular weight is 628 g/mol. The molecule has 1 aromatic rings. The molecule has 0 aromatic heterocycles. The molecule has 4 atom stereocenters. The lowest BCUT2D eigenvalue weighted by Crippen LogP contribution is -2.54. The van der Waals surface area contributed by atoms with E-state index in [0.29, 0.717) is 37.6 Å². The first kappa shape index (κ1) is 33.2. The Bertz CT molecular complexity index is 1200. The topological polar surface area (TPSA) is 67.4 Å². The van der Waals surface area contributed by atoms with Gasteiger partial charge in [-0.25, -0.2) is 0 Å². The van der Waals surface area contributed by atoms with Crippen molar-refractivity contribution in [3.05, 3.63) is 34.9 Å². The average Bonchev–Trinajstić information content (AvgIpc) is 3.60. The number of carbonyl (C=O) groups is 3. The molecule has 0 spiro atoms. The summed E-state index contributed by atoms with van der Waals surface area (Å²) < 4.78 is 0. The van der Waals surface area contributed by atoms with Crippen LogP contribution in [0.25, 0.3) is 0 Å². The van der Waals surface area contributed by atoms with E-state index < -0.39 is 6.04 Å². The van der Waals surface area contributed by atoms with Crippen LogP contribution in [0.3, 0.4) is 0 Å². The zero-order valence-corrected chi connectivity index (χ0v) is 28.8. The van der Waals surface area contributed by atoms with Crippen LogP contribution in [0.2, 0.25) is 5.02 Å². The van der Waals surface area contributed by atoms with Crippen molar-refractivity contribution >= 4 is 29.3 Å². The Hall–Kier alpha value is -2.16. The maximum atomic E-state index is 14.8. The quantitative estimate of drug-likeness (QED) is 0.473. The van der Waals surface area contributed by atoms with Crippen molar-refractivity contribution in [3.63, 3.8) is 0 Å². The molecule has 1 saturated carbocycles. The van der Waals surface area contributed by atoms with Crippen molar-refractivity contribution in [1.82, 2.24) is 24.5 Å². The molecule has 1 aromatic carbocycles. The number of rotatable bonds is 5. The summed E-state index contributed by atoms with van der Waals surface area (Å²) in [5, 5.41) is 0.679. The lowest BCUT2D eigenvalue weighted by Gasteiger charge is -2.42. The molecule has 3 heterocycles. The van der Waals surface area contributed by atoms with Gasteiger partial charge in [0.25, 0.3) is 0 Å². The minimum Gasteiger partial charge on any atom is -0.338 e. The Balaban J connectivity index is 1.45. The second-order valence-electron chi connectivity index (χ2n) is 15.7. The van der Waals surface area contributed by atoms with Gasteiger partial charge < -0.3 is 19.6 Å². The first-order valence-corrected chi connectivity index (χ1v) is 17.1. The van der Waals surface area contributed by atoms with Crippen molar-refractivity contribution in [1.29, 1.82) is 0 Å². The molecule has 0 radical (unpaired) electrons. The fraction of sp³-hybridized carbons (Fsp3) is 0.743. The molecule has 244 valence electrons. The van der Waals surface area contributed by atoms with Gasteiger partial charge in [-0.3, -0.25) is 19.3 Å². The number of likely N-dealkylation sites (tertiary alicyclic amines) is 2. The summed E-state index contributed by atoms with van der Waals surface area (Å²) in [6.45, 7) is 17.7. The highest BCUT2D eigenvalue weighted by molar-refractivity contribution is 6.30. The van der Waals surface area contributed by atoms with Crippen LogP contribution in [0.5, 0.6) is 0 Å². The molecule has 4 fully saturated rings. The molecular weight excluding hydrogens is 574 g/mol. The molecule has 3 saturated heterocycles. The predicted molar refractivity (Wildman–Crippen MR) is 176 cm³/mol. The van der Waals surface area contributed by atoms with Gasteiger partial charge in [-0.15, -0.1) is 0 Å². The van der Waals surface area contributed by atoms with Crippen molar-refractivity contribution in [2.45, 2.75) is 103 Å². The van der Waals surface area contributed by atoms with Crippen molar-refractivity contribution in [2.24, 2.45) is 11.3 Å². The van der Waals surface area contributed by atoms with Crippen LogP contribution in [0.15, 0.2) is 24.3 Å². The zero-order chi connectivity index (χ0) is 32.0. The van der Waals surface area contributed by atoms with Crippen LogP contribution in [-0.2, 0) is 14.4 Å². The summed E-state index contributed by atoms with van der Waals surface area (Å²) in [7, 11) is 2.08. The number of piperazine rings is 1. The summed E-state index contributed by atoms with van der Waals surface area (Å²) in [6.07, 6.45) is 4.60. The number of halogens is 1. The van der Waals surface area contributed by atoms with E-state index in [-0.39, 0.29) is 52.6 Å². The second kappa shape index (κ2) is 12.9. The van der Waals surface area contributed by atoms with E-state index >= 15 is 0 Å². The van der Waals surface area contributed by atoms with Crippen LogP contribution in [-0.4, -0.2) is 119 Å². The van der Waals surface area contributed by atoms with E-state index in [4.69, 9.17) is 11.6 Å².